The maximum Gasteiger partial charge on any atom is 0.308 e. The zero-order chi connectivity index (χ0) is 15.2. The van der Waals surface area contributed by atoms with Crippen LogP contribution in [0.3, 0.4) is 0 Å². The Bertz CT molecular complexity index is 496. The predicted molar refractivity (Wildman–Crippen MR) is 84.3 cm³/mol. The number of likely N-dealkylation sites (tertiary alicyclic amines) is 1. The molecule has 0 atom stereocenters. The van der Waals surface area contributed by atoms with Crippen LogP contribution in [0, 0.1) is 12.8 Å². The van der Waals surface area contributed by atoms with Gasteiger partial charge in [0, 0.05) is 24.2 Å². The van der Waals surface area contributed by atoms with Crippen LogP contribution in [0.2, 0.25) is 0 Å². The SMILES string of the molecule is COC(=O)C1CCN(C(=O)CSCc2csc(C)n2)CC1. The molecule has 0 unspecified atom stereocenters. The summed E-state index contributed by atoms with van der Waals surface area (Å²) >= 11 is 3.23. The number of rotatable bonds is 5. The molecule has 1 aliphatic heterocycles. The standard InChI is InChI=1S/C14H20N2O3S2/c1-10-15-12(8-21-10)7-20-9-13(17)16-5-3-11(4-6-16)14(18)19-2/h8,11H,3-7,9H2,1-2H3. The summed E-state index contributed by atoms with van der Waals surface area (Å²) < 4.78 is 4.75. The van der Waals surface area contributed by atoms with E-state index in [9.17, 15) is 9.59 Å². The fourth-order valence-electron chi connectivity index (χ4n) is 2.34. The molecule has 1 aromatic heterocycles. The summed E-state index contributed by atoms with van der Waals surface area (Å²) in [6, 6.07) is 0. The Morgan fingerprint density at radius 1 is 1.48 bits per heavy atom. The molecule has 1 amide bonds. The van der Waals surface area contributed by atoms with E-state index in [4.69, 9.17) is 4.74 Å². The highest BCUT2D eigenvalue weighted by atomic mass is 32.2. The number of carbonyl (C=O) groups is 2. The monoisotopic (exact) mass is 328 g/mol. The maximum atomic E-state index is 12.1. The number of aryl methyl sites for hydroxylation is 1. The Kier molecular flexibility index (Phi) is 6.05. The van der Waals surface area contributed by atoms with Crippen LogP contribution in [0.1, 0.15) is 23.5 Å². The van der Waals surface area contributed by atoms with E-state index in [0.717, 1.165) is 16.5 Å². The largest absolute Gasteiger partial charge is 0.469 e. The third-order valence-corrected chi connectivity index (χ3v) is 5.30. The summed E-state index contributed by atoms with van der Waals surface area (Å²) in [5.41, 5.74) is 1.04. The van der Waals surface area contributed by atoms with Crippen molar-refractivity contribution < 1.29 is 14.3 Å². The van der Waals surface area contributed by atoms with Gasteiger partial charge >= 0.3 is 5.97 Å². The van der Waals surface area contributed by atoms with Gasteiger partial charge in [-0.3, -0.25) is 9.59 Å². The van der Waals surface area contributed by atoms with Crippen LogP contribution in [0.25, 0.3) is 0 Å². The average molecular weight is 328 g/mol. The van der Waals surface area contributed by atoms with Gasteiger partial charge in [-0.05, 0) is 19.8 Å². The highest BCUT2D eigenvalue weighted by Gasteiger charge is 2.27. The number of thioether (sulfide) groups is 1. The summed E-state index contributed by atoms with van der Waals surface area (Å²) in [5.74, 6) is 1.18. The van der Waals surface area contributed by atoms with Gasteiger partial charge in [-0.25, -0.2) is 4.98 Å². The quantitative estimate of drug-likeness (QED) is 0.775. The summed E-state index contributed by atoms with van der Waals surface area (Å²) in [5, 5.41) is 3.09. The molecule has 5 nitrogen and oxygen atoms in total. The van der Waals surface area contributed by atoms with Crippen molar-refractivity contribution >= 4 is 35.0 Å². The zero-order valence-electron chi connectivity index (χ0n) is 12.3. The molecule has 2 heterocycles. The van der Waals surface area contributed by atoms with E-state index in [1.54, 1.807) is 23.1 Å². The number of amides is 1. The number of hydrogen-bond acceptors (Lipinski definition) is 6. The number of aromatic nitrogens is 1. The van der Waals surface area contributed by atoms with Crippen molar-refractivity contribution in [1.29, 1.82) is 0 Å². The number of thiazole rings is 1. The molecule has 1 aromatic rings. The van der Waals surface area contributed by atoms with Crippen LogP contribution < -0.4 is 0 Å². The molecule has 2 rings (SSSR count). The fraction of sp³-hybridized carbons (Fsp3) is 0.643. The molecule has 21 heavy (non-hydrogen) atoms. The molecule has 0 aliphatic carbocycles. The Morgan fingerprint density at radius 2 is 2.19 bits per heavy atom. The minimum Gasteiger partial charge on any atom is -0.469 e. The minimum absolute atomic E-state index is 0.0512. The Hall–Kier alpha value is -1.08. The van der Waals surface area contributed by atoms with Gasteiger partial charge in [0.2, 0.25) is 5.91 Å². The first-order chi connectivity index (χ1) is 10.1. The maximum absolute atomic E-state index is 12.1. The molecule has 1 fully saturated rings. The van der Waals surface area contributed by atoms with Gasteiger partial charge < -0.3 is 9.64 Å². The lowest BCUT2D eigenvalue weighted by atomic mass is 9.97. The molecule has 0 bridgehead atoms. The van der Waals surface area contributed by atoms with E-state index in [0.29, 0.717) is 31.7 Å². The molecular weight excluding hydrogens is 308 g/mol. The van der Waals surface area contributed by atoms with Crippen LogP contribution in [0.15, 0.2) is 5.38 Å². The van der Waals surface area contributed by atoms with Crippen LogP contribution in [-0.2, 0) is 20.1 Å². The van der Waals surface area contributed by atoms with E-state index >= 15 is 0 Å². The summed E-state index contributed by atoms with van der Waals surface area (Å²) in [7, 11) is 1.41. The van der Waals surface area contributed by atoms with E-state index < -0.39 is 0 Å². The van der Waals surface area contributed by atoms with Gasteiger partial charge in [-0.2, -0.15) is 0 Å². The number of methoxy groups -OCH3 is 1. The highest BCUT2D eigenvalue weighted by Crippen LogP contribution is 2.20. The number of piperidine rings is 1. The molecule has 0 radical (unpaired) electrons. The van der Waals surface area contributed by atoms with Crippen molar-refractivity contribution in [1.82, 2.24) is 9.88 Å². The average Bonchev–Trinajstić information content (AvgIpc) is 2.92. The van der Waals surface area contributed by atoms with Crippen LogP contribution in [0.5, 0.6) is 0 Å². The molecule has 0 spiro atoms. The Morgan fingerprint density at radius 3 is 2.76 bits per heavy atom. The van der Waals surface area contributed by atoms with Gasteiger partial charge in [0.05, 0.1) is 29.5 Å². The molecule has 1 saturated heterocycles. The number of esters is 1. The van der Waals surface area contributed by atoms with Crippen LogP contribution in [-0.4, -0.2) is 47.7 Å². The number of ether oxygens (including phenoxy) is 1. The molecule has 0 aromatic carbocycles. The number of hydrogen-bond donors (Lipinski definition) is 0. The summed E-state index contributed by atoms with van der Waals surface area (Å²) in [6.45, 7) is 3.28. The predicted octanol–water partition coefficient (Wildman–Crippen LogP) is 2.10. The van der Waals surface area contributed by atoms with Crippen molar-refractivity contribution in [3.63, 3.8) is 0 Å². The lowest BCUT2D eigenvalue weighted by Crippen LogP contribution is -2.41. The Labute approximate surface area is 133 Å². The van der Waals surface area contributed by atoms with Crippen LogP contribution >= 0.6 is 23.1 Å². The zero-order valence-corrected chi connectivity index (χ0v) is 14.0. The summed E-state index contributed by atoms with van der Waals surface area (Å²) in [6.07, 6.45) is 1.41. The fourth-order valence-corrected chi connectivity index (χ4v) is 3.87. The lowest BCUT2D eigenvalue weighted by Gasteiger charge is -2.30. The highest BCUT2D eigenvalue weighted by molar-refractivity contribution is 7.99. The third-order valence-electron chi connectivity index (χ3n) is 3.52. The van der Waals surface area contributed by atoms with Crippen LogP contribution in [0.4, 0.5) is 0 Å². The second kappa shape index (κ2) is 7.79. The molecule has 7 heteroatoms. The number of carbonyl (C=O) groups excluding carboxylic acids is 2. The van der Waals surface area contributed by atoms with E-state index in [2.05, 4.69) is 4.98 Å². The molecule has 1 aliphatic rings. The van der Waals surface area contributed by atoms with Gasteiger partial charge in [0.15, 0.2) is 0 Å². The molecular formula is C14H20N2O3S2. The first-order valence-corrected chi connectivity index (χ1v) is 8.98. The first-order valence-electron chi connectivity index (χ1n) is 6.94. The second-order valence-electron chi connectivity index (χ2n) is 5.03. The third kappa shape index (κ3) is 4.71. The van der Waals surface area contributed by atoms with Crippen molar-refractivity contribution in [3.8, 4) is 0 Å². The minimum atomic E-state index is -0.157. The molecule has 0 saturated carbocycles. The van der Waals surface area contributed by atoms with E-state index in [1.807, 2.05) is 17.2 Å². The second-order valence-corrected chi connectivity index (χ2v) is 7.08. The normalized spacial score (nSPS) is 16.0. The van der Waals surface area contributed by atoms with Gasteiger partial charge in [-0.1, -0.05) is 0 Å². The van der Waals surface area contributed by atoms with Crippen molar-refractivity contribution in [2.24, 2.45) is 5.92 Å². The lowest BCUT2D eigenvalue weighted by molar-refractivity contribution is -0.148. The van der Waals surface area contributed by atoms with E-state index in [1.165, 1.54) is 7.11 Å². The molecule has 116 valence electrons. The summed E-state index contributed by atoms with van der Waals surface area (Å²) in [4.78, 5) is 29.8. The van der Waals surface area contributed by atoms with E-state index in [-0.39, 0.29) is 17.8 Å². The first kappa shape index (κ1) is 16.3. The van der Waals surface area contributed by atoms with Gasteiger partial charge in [0.1, 0.15) is 0 Å². The smallest absolute Gasteiger partial charge is 0.308 e. The Balaban J connectivity index is 1.69. The van der Waals surface area contributed by atoms with Gasteiger partial charge in [0.25, 0.3) is 0 Å². The van der Waals surface area contributed by atoms with Crippen molar-refractivity contribution in [2.45, 2.75) is 25.5 Å². The van der Waals surface area contributed by atoms with Crippen molar-refractivity contribution in [2.75, 3.05) is 26.0 Å². The van der Waals surface area contributed by atoms with Crippen molar-refractivity contribution in [3.05, 3.63) is 16.1 Å². The molecule has 0 N–H and O–H groups in total. The van der Waals surface area contributed by atoms with Gasteiger partial charge in [-0.15, -0.1) is 23.1 Å². The topological polar surface area (TPSA) is 59.5 Å². The number of nitrogens with zero attached hydrogens (tertiary/aromatic N) is 2.